The van der Waals surface area contributed by atoms with E-state index in [1.165, 1.54) is 4.70 Å². The van der Waals surface area contributed by atoms with Crippen molar-refractivity contribution in [1.29, 1.82) is 0 Å². The van der Waals surface area contributed by atoms with Crippen molar-refractivity contribution >= 4 is 27.3 Å². The average molecular weight is 346 g/mol. The zero-order valence-electron chi connectivity index (χ0n) is 13.6. The van der Waals surface area contributed by atoms with Crippen LogP contribution in [0.1, 0.15) is 10.4 Å². The number of fused-ring (bicyclic) bond motifs is 1. The van der Waals surface area contributed by atoms with Crippen LogP contribution in [-0.2, 0) is 9.47 Å². The minimum atomic E-state index is 0.157. The molecule has 24 heavy (non-hydrogen) atoms. The van der Waals surface area contributed by atoms with Gasteiger partial charge in [-0.1, -0.05) is 18.2 Å². The number of hydrogen-bond donors (Lipinski definition) is 0. The second-order valence-electron chi connectivity index (χ2n) is 6.31. The number of piperazine rings is 1. The van der Waals surface area contributed by atoms with Gasteiger partial charge >= 0.3 is 0 Å². The van der Waals surface area contributed by atoms with Crippen molar-refractivity contribution in [3.63, 3.8) is 0 Å². The highest BCUT2D eigenvalue weighted by Crippen LogP contribution is 2.27. The highest BCUT2D eigenvalue weighted by Gasteiger charge is 2.26. The lowest BCUT2D eigenvalue weighted by molar-refractivity contribution is -0.0994. The molecule has 1 amide bonds. The Morgan fingerprint density at radius 3 is 2.79 bits per heavy atom. The average Bonchev–Trinajstić information content (AvgIpc) is 3.07. The Morgan fingerprint density at radius 1 is 1.17 bits per heavy atom. The summed E-state index contributed by atoms with van der Waals surface area (Å²) in [6.45, 7) is 6.31. The number of carbonyl (C=O) groups is 1. The van der Waals surface area contributed by atoms with E-state index in [1.807, 2.05) is 28.5 Å². The molecule has 1 aromatic heterocycles. The third-order valence-corrected chi connectivity index (χ3v) is 5.68. The lowest BCUT2D eigenvalue weighted by atomic mass is 10.1. The van der Waals surface area contributed by atoms with E-state index in [0.29, 0.717) is 19.8 Å². The zero-order chi connectivity index (χ0) is 16.4. The molecule has 1 aromatic carbocycles. The third kappa shape index (κ3) is 3.32. The van der Waals surface area contributed by atoms with E-state index in [1.54, 1.807) is 11.3 Å². The second-order valence-corrected chi connectivity index (χ2v) is 7.22. The molecule has 0 N–H and O–H groups in total. The lowest BCUT2D eigenvalue weighted by Crippen LogP contribution is -2.51. The van der Waals surface area contributed by atoms with E-state index in [9.17, 15) is 4.79 Å². The van der Waals surface area contributed by atoms with Gasteiger partial charge in [0.2, 0.25) is 0 Å². The number of nitrogens with zero attached hydrogens (tertiary/aromatic N) is 2. The molecule has 2 aliphatic heterocycles. The van der Waals surface area contributed by atoms with E-state index in [-0.39, 0.29) is 12.0 Å². The molecule has 5 nitrogen and oxygen atoms in total. The predicted octanol–water partition coefficient (Wildman–Crippen LogP) is 2.07. The van der Waals surface area contributed by atoms with Crippen molar-refractivity contribution in [2.24, 2.45) is 0 Å². The first-order valence-corrected chi connectivity index (χ1v) is 9.36. The molecule has 2 aliphatic rings. The molecule has 0 bridgehead atoms. The van der Waals surface area contributed by atoms with Crippen LogP contribution >= 0.6 is 11.3 Å². The summed E-state index contributed by atoms with van der Waals surface area (Å²) in [6.07, 6.45) is 0.168. The van der Waals surface area contributed by atoms with Gasteiger partial charge in [0, 0.05) is 48.2 Å². The number of rotatable bonds is 3. The number of amides is 1. The van der Waals surface area contributed by atoms with Gasteiger partial charge in [-0.3, -0.25) is 9.69 Å². The van der Waals surface area contributed by atoms with Crippen LogP contribution in [0.5, 0.6) is 0 Å². The Bertz CT molecular complexity index is 703. The Hall–Kier alpha value is -1.47. The summed E-state index contributed by atoms with van der Waals surface area (Å²) < 4.78 is 12.3. The standard InChI is InChI=1S/C18H22N2O3S/c21-18(16-13-24-17-4-2-1-3-15(16)17)20-7-5-19(6-8-20)11-14-12-22-9-10-23-14/h1-4,13-14H,5-12H2/t14-/m1/s1. The highest BCUT2D eigenvalue weighted by molar-refractivity contribution is 7.17. The molecule has 0 saturated carbocycles. The fourth-order valence-electron chi connectivity index (χ4n) is 3.38. The Balaban J connectivity index is 1.36. The minimum Gasteiger partial charge on any atom is -0.376 e. The molecule has 128 valence electrons. The van der Waals surface area contributed by atoms with E-state index in [0.717, 1.165) is 43.7 Å². The maximum absolute atomic E-state index is 12.8. The normalized spacial score (nSPS) is 22.8. The van der Waals surface area contributed by atoms with Crippen LogP contribution in [0.15, 0.2) is 29.6 Å². The minimum absolute atomic E-state index is 0.157. The smallest absolute Gasteiger partial charge is 0.255 e. The fourth-order valence-corrected chi connectivity index (χ4v) is 4.31. The van der Waals surface area contributed by atoms with Crippen molar-refractivity contribution in [2.75, 3.05) is 52.5 Å². The maximum Gasteiger partial charge on any atom is 0.255 e. The number of carbonyl (C=O) groups excluding carboxylic acids is 1. The Morgan fingerprint density at radius 2 is 2.00 bits per heavy atom. The quantitative estimate of drug-likeness (QED) is 0.853. The first kappa shape index (κ1) is 16.0. The first-order valence-electron chi connectivity index (χ1n) is 8.48. The molecule has 3 heterocycles. The van der Waals surface area contributed by atoms with Gasteiger partial charge < -0.3 is 14.4 Å². The highest BCUT2D eigenvalue weighted by atomic mass is 32.1. The summed E-state index contributed by atoms with van der Waals surface area (Å²) in [4.78, 5) is 17.2. The summed E-state index contributed by atoms with van der Waals surface area (Å²) in [5, 5.41) is 3.06. The van der Waals surface area contributed by atoms with Crippen molar-refractivity contribution < 1.29 is 14.3 Å². The van der Waals surface area contributed by atoms with E-state index in [4.69, 9.17) is 9.47 Å². The van der Waals surface area contributed by atoms with Crippen LogP contribution in [0.2, 0.25) is 0 Å². The molecular formula is C18H22N2O3S. The lowest BCUT2D eigenvalue weighted by Gasteiger charge is -2.37. The predicted molar refractivity (Wildman–Crippen MR) is 94.7 cm³/mol. The topological polar surface area (TPSA) is 42.0 Å². The van der Waals surface area contributed by atoms with Crippen LogP contribution in [0, 0.1) is 0 Å². The molecule has 4 rings (SSSR count). The van der Waals surface area contributed by atoms with Crippen molar-refractivity contribution in [3.8, 4) is 0 Å². The van der Waals surface area contributed by atoms with Crippen molar-refractivity contribution in [3.05, 3.63) is 35.2 Å². The zero-order valence-corrected chi connectivity index (χ0v) is 14.5. The monoisotopic (exact) mass is 346 g/mol. The van der Waals surface area contributed by atoms with Gasteiger partial charge in [0.15, 0.2) is 0 Å². The summed E-state index contributed by atoms with van der Waals surface area (Å²) >= 11 is 1.64. The largest absolute Gasteiger partial charge is 0.376 e. The fraction of sp³-hybridized carbons (Fsp3) is 0.500. The second kappa shape index (κ2) is 7.19. The van der Waals surface area contributed by atoms with E-state index < -0.39 is 0 Å². The molecule has 2 aromatic rings. The molecule has 0 aliphatic carbocycles. The summed E-state index contributed by atoms with van der Waals surface area (Å²) in [7, 11) is 0. The third-order valence-electron chi connectivity index (χ3n) is 4.72. The van der Waals surface area contributed by atoms with E-state index in [2.05, 4.69) is 11.0 Å². The van der Waals surface area contributed by atoms with Crippen molar-refractivity contribution in [2.45, 2.75) is 6.10 Å². The van der Waals surface area contributed by atoms with Crippen LogP contribution in [-0.4, -0.2) is 74.4 Å². The molecular weight excluding hydrogens is 324 g/mol. The summed E-state index contributed by atoms with van der Waals surface area (Å²) in [6, 6.07) is 8.12. The van der Waals surface area contributed by atoms with Crippen LogP contribution in [0.25, 0.3) is 10.1 Å². The summed E-state index contributed by atoms with van der Waals surface area (Å²) in [5.41, 5.74) is 0.841. The molecule has 0 radical (unpaired) electrons. The number of hydrogen-bond acceptors (Lipinski definition) is 5. The van der Waals surface area contributed by atoms with Gasteiger partial charge in [0.25, 0.3) is 5.91 Å². The van der Waals surface area contributed by atoms with Gasteiger partial charge in [-0.25, -0.2) is 0 Å². The number of ether oxygens (including phenoxy) is 2. The van der Waals surface area contributed by atoms with Gasteiger partial charge in [-0.05, 0) is 6.07 Å². The van der Waals surface area contributed by atoms with Crippen LogP contribution in [0.4, 0.5) is 0 Å². The molecule has 6 heteroatoms. The van der Waals surface area contributed by atoms with Gasteiger partial charge in [0.1, 0.15) is 0 Å². The van der Waals surface area contributed by atoms with E-state index >= 15 is 0 Å². The molecule has 2 fully saturated rings. The van der Waals surface area contributed by atoms with Crippen LogP contribution < -0.4 is 0 Å². The number of benzene rings is 1. The van der Waals surface area contributed by atoms with Gasteiger partial charge in [-0.15, -0.1) is 11.3 Å². The molecule has 0 unspecified atom stereocenters. The maximum atomic E-state index is 12.8. The molecule has 1 atom stereocenters. The number of thiophene rings is 1. The van der Waals surface area contributed by atoms with Crippen molar-refractivity contribution in [1.82, 2.24) is 9.80 Å². The van der Waals surface area contributed by atoms with Crippen LogP contribution in [0.3, 0.4) is 0 Å². The SMILES string of the molecule is O=C(c1csc2ccccc12)N1CCN(C[C@@H]2COCCO2)CC1. The van der Waals surface area contributed by atoms with Gasteiger partial charge in [-0.2, -0.15) is 0 Å². The first-order chi connectivity index (χ1) is 11.8. The van der Waals surface area contributed by atoms with Gasteiger partial charge in [0.05, 0.1) is 31.5 Å². The molecule has 2 saturated heterocycles. The summed E-state index contributed by atoms with van der Waals surface area (Å²) in [5.74, 6) is 0.157. The Kier molecular flexibility index (Phi) is 4.80. The Labute approximate surface area is 145 Å². The molecule has 0 spiro atoms.